The number of nitrogens with zero attached hydrogens (tertiary/aromatic N) is 4. The van der Waals surface area contributed by atoms with E-state index in [1.807, 2.05) is 12.1 Å². The highest BCUT2D eigenvalue weighted by atomic mass is 32.2. The van der Waals surface area contributed by atoms with Crippen molar-refractivity contribution in [3.63, 3.8) is 0 Å². The molecule has 2 amide bonds. The van der Waals surface area contributed by atoms with E-state index in [0.717, 1.165) is 29.7 Å². The Morgan fingerprint density at radius 1 is 1.30 bits per heavy atom. The number of anilines is 1. The SMILES string of the molecule is N#C[C@@H]1CSCN1C(=O)CNC(=O)c1ccnc2ccc(N3CCC4(CC4)C3)cc12. The van der Waals surface area contributed by atoms with Crippen LogP contribution in [0.5, 0.6) is 0 Å². The topological polar surface area (TPSA) is 89.3 Å². The average Bonchev–Trinajstić information content (AvgIpc) is 3.16. The van der Waals surface area contributed by atoms with Gasteiger partial charge in [-0.2, -0.15) is 5.26 Å². The van der Waals surface area contributed by atoms with Crippen LogP contribution in [0.2, 0.25) is 0 Å². The Morgan fingerprint density at radius 2 is 2.17 bits per heavy atom. The number of fused-ring (bicyclic) bond motifs is 1. The quantitative estimate of drug-likeness (QED) is 0.815. The summed E-state index contributed by atoms with van der Waals surface area (Å²) in [6, 6.07) is 9.50. The van der Waals surface area contributed by atoms with Crippen molar-refractivity contribution >= 4 is 40.2 Å². The summed E-state index contributed by atoms with van der Waals surface area (Å²) in [5.41, 5.74) is 2.93. The Labute approximate surface area is 179 Å². The molecular formula is C22H23N5O2S. The van der Waals surface area contributed by atoms with Crippen LogP contribution in [-0.4, -0.2) is 59.0 Å². The minimum absolute atomic E-state index is 0.115. The highest BCUT2D eigenvalue weighted by Crippen LogP contribution is 2.53. The molecule has 1 spiro atoms. The number of amides is 2. The summed E-state index contributed by atoms with van der Waals surface area (Å²) in [5.74, 6) is 0.580. The molecule has 2 saturated heterocycles. The number of pyridine rings is 1. The number of carbonyl (C=O) groups excluding carboxylic acids is 2. The summed E-state index contributed by atoms with van der Waals surface area (Å²) >= 11 is 1.55. The molecule has 3 fully saturated rings. The highest BCUT2D eigenvalue weighted by Gasteiger charge is 2.47. The van der Waals surface area contributed by atoms with Crippen LogP contribution >= 0.6 is 11.8 Å². The second-order valence-corrected chi connectivity index (χ2v) is 9.42. The maximum atomic E-state index is 12.9. The lowest BCUT2D eigenvalue weighted by atomic mass is 10.1. The van der Waals surface area contributed by atoms with Gasteiger partial charge in [-0.1, -0.05) is 0 Å². The molecule has 30 heavy (non-hydrogen) atoms. The van der Waals surface area contributed by atoms with Crippen molar-refractivity contribution < 1.29 is 9.59 Å². The van der Waals surface area contributed by atoms with E-state index in [1.165, 1.54) is 24.2 Å². The molecule has 1 aromatic heterocycles. The summed E-state index contributed by atoms with van der Waals surface area (Å²) in [7, 11) is 0. The van der Waals surface area contributed by atoms with Crippen LogP contribution in [0.1, 0.15) is 29.6 Å². The van der Waals surface area contributed by atoms with Gasteiger partial charge in [0.1, 0.15) is 6.04 Å². The maximum absolute atomic E-state index is 12.9. The fraction of sp³-hybridized carbons (Fsp3) is 0.455. The normalized spacial score (nSPS) is 21.8. The molecule has 1 N–H and O–H groups in total. The first-order valence-corrected chi connectivity index (χ1v) is 11.4. The van der Waals surface area contributed by atoms with Crippen LogP contribution < -0.4 is 10.2 Å². The summed E-state index contributed by atoms with van der Waals surface area (Å²) in [6.07, 6.45) is 5.51. The van der Waals surface area contributed by atoms with Crippen molar-refractivity contribution in [1.82, 2.24) is 15.2 Å². The second-order valence-electron chi connectivity index (χ2n) is 8.42. The molecule has 5 rings (SSSR count). The van der Waals surface area contributed by atoms with Crippen LogP contribution in [-0.2, 0) is 4.79 Å². The lowest BCUT2D eigenvalue weighted by molar-refractivity contribution is -0.129. The van der Waals surface area contributed by atoms with Crippen molar-refractivity contribution in [3.8, 4) is 6.07 Å². The number of hydrogen-bond donors (Lipinski definition) is 1. The lowest BCUT2D eigenvalue weighted by Crippen LogP contribution is -2.42. The predicted molar refractivity (Wildman–Crippen MR) is 116 cm³/mol. The van der Waals surface area contributed by atoms with E-state index < -0.39 is 6.04 Å². The van der Waals surface area contributed by atoms with Gasteiger partial charge < -0.3 is 15.1 Å². The third-order valence-electron chi connectivity index (χ3n) is 6.48. The van der Waals surface area contributed by atoms with Gasteiger partial charge in [0, 0.05) is 36.1 Å². The molecule has 7 nitrogen and oxygen atoms in total. The number of hydrogen-bond acceptors (Lipinski definition) is 6. The fourth-order valence-corrected chi connectivity index (χ4v) is 5.52. The van der Waals surface area contributed by atoms with Gasteiger partial charge in [-0.3, -0.25) is 14.6 Å². The molecule has 3 aliphatic rings. The van der Waals surface area contributed by atoms with Crippen molar-refractivity contribution in [2.75, 3.05) is 36.2 Å². The number of nitriles is 1. The van der Waals surface area contributed by atoms with Crippen molar-refractivity contribution in [3.05, 3.63) is 36.0 Å². The van der Waals surface area contributed by atoms with Gasteiger partial charge in [-0.15, -0.1) is 11.8 Å². The summed E-state index contributed by atoms with van der Waals surface area (Å²) in [6.45, 7) is 2.02. The zero-order chi connectivity index (χ0) is 20.7. The van der Waals surface area contributed by atoms with E-state index in [0.29, 0.717) is 22.6 Å². The molecule has 2 aromatic rings. The van der Waals surface area contributed by atoms with Crippen LogP contribution in [0.25, 0.3) is 10.9 Å². The molecule has 1 aromatic carbocycles. The van der Waals surface area contributed by atoms with Crippen LogP contribution in [0.15, 0.2) is 30.5 Å². The first-order valence-electron chi connectivity index (χ1n) is 10.3. The van der Waals surface area contributed by atoms with Crippen LogP contribution in [0.3, 0.4) is 0 Å². The first-order chi connectivity index (χ1) is 14.6. The minimum atomic E-state index is -0.418. The smallest absolute Gasteiger partial charge is 0.252 e. The Hall–Kier alpha value is -2.79. The second kappa shape index (κ2) is 7.47. The molecule has 0 bridgehead atoms. The van der Waals surface area contributed by atoms with Gasteiger partial charge >= 0.3 is 0 Å². The highest BCUT2D eigenvalue weighted by molar-refractivity contribution is 7.99. The zero-order valence-corrected chi connectivity index (χ0v) is 17.5. The van der Waals surface area contributed by atoms with Crippen molar-refractivity contribution in [2.24, 2.45) is 5.41 Å². The van der Waals surface area contributed by atoms with Gasteiger partial charge in [0.15, 0.2) is 0 Å². The lowest BCUT2D eigenvalue weighted by Gasteiger charge is -2.20. The maximum Gasteiger partial charge on any atom is 0.252 e. The third-order valence-corrected chi connectivity index (χ3v) is 7.49. The van der Waals surface area contributed by atoms with E-state index in [2.05, 4.69) is 27.3 Å². The van der Waals surface area contributed by atoms with Crippen molar-refractivity contribution in [2.45, 2.75) is 25.3 Å². The molecule has 2 aliphatic heterocycles. The number of benzene rings is 1. The van der Waals surface area contributed by atoms with Gasteiger partial charge in [0.25, 0.3) is 5.91 Å². The predicted octanol–water partition coefficient (Wildman–Crippen LogP) is 2.38. The van der Waals surface area contributed by atoms with Crippen LogP contribution in [0, 0.1) is 16.7 Å². The largest absolute Gasteiger partial charge is 0.371 e. The number of nitrogens with one attached hydrogen (secondary N) is 1. The van der Waals surface area contributed by atoms with E-state index >= 15 is 0 Å². The Bertz CT molecular complexity index is 1060. The van der Waals surface area contributed by atoms with E-state index in [1.54, 1.807) is 24.0 Å². The summed E-state index contributed by atoms with van der Waals surface area (Å²) in [5, 5.41) is 12.7. The Balaban J connectivity index is 1.33. The number of aromatic nitrogens is 1. The monoisotopic (exact) mass is 421 g/mol. The molecular weight excluding hydrogens is 398 g/mol. The average molecular weight is 422 g/mol. The van der Waals surface area contributed by atoms with E-state index in [-0.39, 0.29) is 18.4 Å². The first kappa shape index (κ1) is 19.2. The molecule has 1 saturated carbocycles. The number of carbonyl (C=O) groups is 2. The Morgan fingerprint density at radius 3 is 2.93 bits per heavy atom. The molecule has 0 radical (unpaired) electrons. The Kier molecular flexibility index (Phi) is 4.78. The molecule has 154 valence electrons. The zero-order valence-electron chi connectivity index (χ0n) is 16.6. The molecule has 0 unspecified atom stereocenters. The van der Waals surface area contributed by atoms with E-state index in [4.69, 9.17) is 5.26 Å². The minimum Gasteiger partial charge on any atom is -0.371 e. The summed E-state index contributed by atoms with van der Waals surface area (Å²) in [4.78, 5) is 33.6. The third kappa shape index (κ3) is 3.47. The van der Waals surface area contributed by atoms with Gasteiger partial charge in [0.2, 0.25) is 5.91 Å². The number of rotatable bonds is 4. The van der Waals surface area contributed by atoms with E-state index in [9.17, 15) is 9.59 Å². The van der Waals surface area contributed by atoms with Crippen molar-refractivity contribution in [1.29, 1.82) is 5.26 Å². The number of thioether (sulfide) groups is 1. The molecule has 8 heteroatoms. The fourth-order valence-electron chi connectivity index (χ4n) is 4.42. The van der Waals surface area contributed by atoms with Gasteiger partial charge in [0.05, 0.1) is 29.6 Å². The standard InChI is InChI=1S/C22H23N5O2S/c23-10-16-12-30-14-27(16)20(28)11-25-21(29)17-3-7-24-19-2-1-15(9-18(17)19)26-8-6-22(13-26)4-5-22/h1-3,7,9,16H,4-6,8,11-14H2,(H,25,29)/t16-/m1/s1. The molecule has 1 atom stereocenters. The van der Waals surface area contributed by atoms with Gasteiger partial charge in [-0.05, 0) is 48.9 Å². The van der Waals surface area contributed by atoms with Crippen LogP contribution in [0.4, 0.5) is 5.69 Å². The molecule has 1 aliphatic carbocycles. The molecule has 3 heterocycles. The van der Waals surface area contributed by atoms with Gasteiger partial charge in [-0.25, -0.2) is 0 Å². The summed E-state index contributed by atoms with van der Waals surface area (Å²) < 4.78 is 0.